The quantitative estimate of drug-likeness (QED) is 0.279. The van der Waals surface area contributed by atoms with Crippen LogP contribution in [0.25, 0.3) is 6.08 Å². The summed E-state index contributed by atoms with van der Waals surface area (Å²) in [4.78, 5) is 28.8. The highest BCUT2D eigenvalue weighted by Gasteiger charge is 2.25. The highest BCUT2D eigenvalue weighted by Crippen LogP contribution is 2.38. The maximum Gasteiger partial charge on any atom is 0.379 e. The first-order valence-electron chi connectivity index (χ1n) is 9.35. The lowest BCUT2D eigenvalue weighted by atomic mass is 10.1. The molecule has 3 aromatic rings. The van der Waals surface area contributed by atoms with Crippen LogP contribution in [0.5, 0.6) is 11.5 Å². The summed E-state index contributed by atoms with van der Waals surface area (Å²) < 4.78 is 21.9. The number of nitrogens with zero attached hydrogens (tertiary/aromatic N) is 1. The minimum absolute atomic E-state index is 0.0667. The molecule has 4 rings (SSSR count). The Morgan fingerprint density at radius 1 is 1.16 bits per heavy atom. The molecule has 0 amide bonds. The van der Waals surface area contributed by atoms with Gasteiger partial charge >= 0.3 is 11.9 Å². The maximum atomic E-state index is 12.3. The molecule has 0 atom stereocenters. The Kier molecular flexibility index (Phi) is 5.99. The van der Waals surface area contributed by atoms with E-state index in [-0.39, 0.29) is 23.1 Å². The first kappa shape index (κ1) is 20.6. The van der Waals surface area contributed by atoms with Crippen LogP contribution in [0, 0.1) is 0 Å². The first-order chi connectivity index (χ1) is 15.0. The van der Waals surface area contributed by atoms with Crippen molar-refractivity contribution in [3.8, 4) is 11.5 Å². The maximum absolute atomic E-state index is 12.3. The predicted molar refractivity (Wildman–Crippen MR) is 116 cm³/mol. The van der Waals surface area contributed by atoms with Crippen LogP contribution in [0.2, 0.25) is 0 Å². The van der Waals surface area contributed by atoms with E-state index in [1.165, 1.54) is 12.3 Å². The topological polar surface area (TPSA) is 87.3 Å². The molecule has 8 heteroatoms. The Labute approximate surface area is 186 Å². The molecule has 0 bridgehead atoms. The zero-order chi connectivity index (χ0) is 21.8. The second-order valence-electron chi connectivity index (χ2n) is 6.33. The van der Waals surface area contributed by atoms with Gasteiger partial charge in [-0.3, -0.25) is 0 Å². The molecule has 0 N–H and O–H groups in total. The molecule has 7 nitrogen and oxygen atoms in total. The first-order valence-corrected chi connectivity index (χ1v) is 10.1. The van der Waals surface area contributed by atoms with Crippen LogP contribution in [0.4, 0.5) is 0 Å². The number of aliphatic imine (C=N–C) groups is 1. The van der Waals surface area contributed by atoms with Gasteiger partial charge in [-0.2, -0.15) is 0 Å². The number of carbonyl (C=O) groups is 2. The Morgan fingerprint density at radius 3 is 2.68 bits per heavy atom. The highest BCUT2D eigenvalue weighted by atomic mass is 79.9. The largest absolute Gasteiger partial charge is 0.490 e. The lowest BCUT2D eigenvalue weighted by molar-refractivity contribution is -0.129. The van der Waals surface area contributed by atoms with Gasteiger partial charge in [0.15, 0.2) is 17.2 Å². The molecule has 1 aromatic heterocycles. The molecule has 0 unspecified atom stereocenters. The van der Waals surface area contributed by atoms with Gasteiger partial charge in [0.25, 0.3) is 0 Å². The van der Waals surface area contributed by atoms with Gasteiger partial charge < -0.3 is 18.6 Å². The third-order valence-corrected chi connectivity index (χ3v) is 4.78. The van der Waals surface area contributed by atoms with Gasteiger partial charge in [-0.15, -0.1) is 0 Å². The monoisotopic (exact) mass is 481 g/mol. The normalized spacial score (nSPS) is 14.3. The van der Waals surface area contributed by atoms with Crippen LogP contribution in [0.1, 0.15) is 28.6 Å². The number of hydrogen-bond donors (Lipinski definition) is 0. The Morgan fingerprint density at radius 2 is 1.97 bits per heavy atom. The van der Waals surface area contributed by atoms with Gasteiger partial charge in [0.2, 0.25) is 11.7 Å². The average Bonchev–Trinajstić information content (AvgIpc) is 3.42. The van der Waals surface area contributed by atoms with Crippen LogP contribution in [0.15, 0.2) is 80.4 Å². The molecule has 0 aliphatic carbocycles. The molecule has 0 radical (unpaired) electrons. The van der Waals surface area contributed by atoms with Gasteiger partial charge in [0, 0.05) is 5.56 Å². The smallest absolute Gasteiger partial charge is 0.379 e. The predicted octanol–water partition coefficient (Wildman–Crippen LogP) is 5.00. The fourth-order valence-corrected chi connectivity index (χ4v) is 3.38. The van der Waals surface area contributed by atoms with Crippen molar-refractivity contribution in [3.05, 3.63) is 87.9 Å². The van der Waals surface area contributed by atoms with E-state index >= 15 is 0 Å². The van der Waals surface area contributed by atoms with E-state index in [4.69, 9.17) is 18.6 Å². The molecule has 156 valence electrons. The van der Waals surface area contributed by atoms with E-state index in [2.05, 4.69) is 20.9 Å². The lowest BCUT2D eigenvalue weighted by Crippen LogP contribution is -2.09. The summed E-state index contributed by atoms with van der Waals surface area (Å²) in [6.45, 7) is 2.15. The number of ether oxygens (including phenoxy) is 3. The Hall–Kier alpha value is -3.65. The van der Waals surface area contributed by atoms with E-state index in [0.29, 0.717) is 28.0 Å². The molecule has 0 spiro atoms. The molecule has 2 heterocycles. The van der Waals surface area contributed by atoms with Gasteiger partial charge in [-0.05, 0) is 70.9 Å². The number of rotatable bonds is 6. The molecular formula is C23H16BrNO6. The summed E-state index contributed by atoms with van der Waals surface area (Å²) in [5.41, 5.74) is 1.46. The number of carbonyl (C=O) groups excluding carboxylic acids is 2. The molecule has 2 aromatic carbocycles. The third-order valence-electron chi connectivity index (χ3n) is 4.19. The van der Waals surface area contributed by atoms with Crippen molar-refractivity contribution in [2.45, 2.75) is 6.92 Å². The number of cyclic esters (lactones) is 1. The third kappa shape index (κ3) is 4.59. The molecule has 0 saturated carbocycles. The zero-order valence-electron chi connectivity index (χ0n) is 16.3. The van der Waals surface area contributed by atoms with Crippen molar-refractivity contribution in [2.24, 2.45) is 4.99 Å². The van der Waals surface area contributed by atoms with Crippen molar-refractivity contribution >= 4 is 39.8 Å². The lowest BCUT2D eigenvalue weighted by Gasteiger charge is -2.13. The number of benzene rings is 2. The number of hydrogen-bond acceptors (Lipinski definition) is 7. The van der Waals surface area contributed by atoms with Crippen LogP contribution in [0.3, 0.4) is 0 Å². The minimum atomic E-state index is -0.658. The summed E-state index contributed by atoms with van der Waals surface area (Å²) >= 11 is 3.40. The van der Waals surface area contributed by atoms with E-state index in [9.17, 15) is 9.59 Å². The SMILES string of the molecule is CCOc1cc(C=C2N=C(c3ccccc3)OC2=O)cc(Br)c1OC(=O)c1ccco1. The summed E-state index contributed by atoms with van der Waals surface area (Å²) in [5.74, 6) is -0.382. The van der Waals surface area contributed by atoms with Gasteiger partial charge in [-0.1, -0.05) is 18.2 Å². The van der Waals surface area contributed by atoms with Crippen molar-refractivity contribution < 1.29 is 28.2 Å². The van der Waals surface area contributed by atoms with Crippen molar-refractivity contribution in [2.75, 3.05) is 6.61 Å². The number of halogens is 1. The molecule has 31 heavy (non-hydrogen) atoms. The number of furan rings is 1. The summed E-state index contributed by atoms with van der Waals surface area (Å²) in [7, 11) is 0. The van der Waals surface area contributed by atoms with Crippen molar-refractivity contribution in [3.63, 3.8) is 0 Å². The summed E-state index contributed by atoms with van der Waals surface area (Å²) in [5, 5.41) is 0. The van der Waals surface area contributed by atoms with Gasteiger partial charge in [0.05, 0.1) is 17.3 Å². The summed E-state index contributed by atoms with van der Waals surface area (Å²) in [6, 6.07) is 15.6. The van der Waals surface area contributed by atoms with Crippen molar-refractivity contribution in [1.82, 2.24) is 0 Å². The standard InChI is InChI=1S/C23H16BrNO6/c1-2-28-19-13-14(11-16(24)20(19)30-23(27)18-9-6-10-29-18)12-17-22(26)31-21(25-17)15-7-4-3-5-8-15/h3-13H,2H2,1H3. The summed E-state index contributed by atoms with van der Waals surface area (Å²) in [6.07, 6.45) is 2.96. The zero-order valence-corrected chi connectivity index (χ0v) is 17.9. The second-order valence-corrected chi connectivity index (χ2v) is 7.19. The van der Waals surface area contributed by atoms with Crippen molar-refractivity contribution in [1.29, 1.82) is 0 Å². The van der Waals surface area contributed by atoms with Crippen LogP contribution < -0.4 is 9.47 Å². The molecule has 1 aliphatic rings. The van der Waals surface area contributed by atoms with E-state index in [1.807, 2.05) is 25.1 Å². The van der Waals surface area contributed by atoms with Crippen LogP contribution in [-0.4, -0.2) is 24.4 Å². The molecular weight excluding hydrogens is 466 g/mol. The van der Waals surface area contributed by atoms with Crippen LogP contribution in [-0.2, 0) is 9.53 Å². The van der Waals surface area contributed by atoms with Gasteiger partial charge in [0.1, 0.15) is 0 Å². The Bertz CT molecular complexity index is 1180. The average molecular weight is 482 g/mol. The molecule has 1 aliphatic heterocycles. The van der Waals surface area contributed by atoms with E-state index < -0.39 is 11.9 Å². The fourth-order valence-electron chi connectivity index (χ4n) is 2.84. The van der Waals surface area contributed by atoms with E-state index in [0.717, 1.165) is 0 Å². The fraction of sp³-hybridized carbons (Fsp3) is 0.0870. The van der Waals surface area contributed by atoms with Crippen LogP contribution >= 0.6 is 15.9 Å². The minimum Gasteiger partial charge on any atom is -0.490 e. The Balaban J connectivity index is 1.65. The van der Waals surface area contributed by atoms with Gasteiger partial charge in [-0.25, -0.2) is 14.6 Å². The van der Waals surface area contributed by atoms with E-state index in [1.54, 1.807) is 36.4 Å². The molecule has 0 fully saturated rings. The number of esters is 2. The second kappa shape index (κ2) is 9.01. The highest BCUT2D eigenvalue weighted by molar-refractivity contribution is 9.10. The molecule has 0 saturated heterocycles.